The number of aliphatic hydroxyl groups excluding tert-OH is 1. The number of hydrogen-bond acceptors (Lipinski definition) is 7. The van der Waals surface area contributed by atoms with Crippen LogP contribution in [0.15, 0.2) is 60.8 Å². The van der Waals surface area contributed by atoms with Crippen molar-refractivity contribution in [1.29, 1.82) is 0 Å². The topological polar surface area (TPSA) is 192 Å². The first kappa shape index (κ1) is 34.9. The minimum Gasteiger partial charge on any atom is -0.478 e. The van der Waals surface area contributed by atoms with E-state index in [1.165, 1.54) is 0 Å². The Hall–Kier alpha value is -5.17. The summed E-state index contributed by atoms with van der Waals surface area (Å²) in [6.45, 7) is 5.47. The third-order valence-corrected chi connectivity index (χ3v) is 5.21. The van der Waals surface area contributed by atoms with Crippen molar-refractivity contribution in [1.82, 2.24) is 10.3 Å². The number of nitrogen functional groups attached to an aromatic ring is 1. The molecule has 2 amide bonds. The van der Waals surface area contributed by atoms with Crippen molar-refractivity contribution >= 4 is 35.3 Å². The molecule has 224 valence electrons. The van der Waals surface area contributed by atoms with Crippen LogP contribution in [0.25, 0.3) is 11.1 Å². The van der Waals surface area contributed by atoms with Gasteiger partial charge in [-0.1, -0.05) is 13.5 Å². The van der Waals surface area contributed by atoms with Crippen LogP contribution in [-0.4, -0.2) is 50.1 Å². The molecule has 7 N–H and O–H groups in total. The fraction of sp³-hybridized carbons (Fsp3) is 0.207. The first-order chi connectivity index (χ1) is 19.2. The zero-order valence-corrected chi connectivity index (χ0v) is 22.2. The van der Waals surface area contributed by atoms with Gasteiger partial charge in [0.1, 0.15) is 17.5 Å². The number of aliphatic carboxylic acids is 2. The molecule has 1 atom stereocenters. The van der Waals surface area contributed by atoms with Crippen LogP contribution < -0.4 is 16.4 Å². The number of pyridine rings is 1. The lowest BCUT2D eigenvalue weighted by atomic mass is 9.99. The maximum atomic E-state index is 13.4. The Labute approximate surface area is 240 Å². The normalized spacial score (nSPS) is 11.1. The number of aryl methyl sites for hydroxylation is 1. The van der Waals surface area contributed by atoms with Crippen LogP contribution in [0.2, 0.25) is 0 Å². The van der Waals surface area contributed by atoms with Gasteiger partial charge in [0.05, 0.1) is 5.56 Å². The number of nitrogens with zero attached hydrogens (tertiary/aromatic N) is 1. The van der Waals surface area contributed by atoms with E-state index in [-0.39, 0.29) is 36.3 Å². The van der Waals surface area contributed by atoms with E-state index in [1.807, 2.05) is 13.8 Å². The minimum atomic E-state index is -1.75. The SMILES string of the molecule is C.Cc1cc(NC(=O)[C@H](O)c2cc(F)cc(F)c2)ccc1-c1cnc(N)c(C(=O)NC(C)C)c1.O=C(O)/C=C/C(=O)O. The molecule has 0 radical (unpaired) electrons. The Bertz CT molecular complexity index is 1460. The molecule has 0 aliphatic rings. The van der Waals surface area contributed by atoms with Gasteiger partial charge >= 0.3 is 11.9 Å². The lowest BCUT2D eigenvalue weighted by Gasteiger charge is -2.15. The van der Waals surface area contributed by atoms with Gasteiger partial charge in [0.15, 0.2) is 6.10 Å². The van der Waals surface area contributed by atoms with Crippen molar-refractivity contribution in [3.8, 4) is 11.1 Å². The number of carboxylic acids is 2. The molecule has 3 rings (SSSR count). The molecular weight excluding hydrogens is 554 g/mol. The van der Waals surface area contributed by atoms with E-state index in [0.717, 1.165) is 23.3 Å². The molecule has 13 heteroatoms. The van der Waals surface area contributed by atoms with Gasteiger partial charge in [0, 0.05) is 41.7 Å². The van der Waals surface area contributed by atoms with Crippen molar-refractivity contribution in [2.24, 2.45) is 0 Å². The van der Waals surface area contributed by atoms with E-state index in [9.17, 15) is 33.1 Å². The zero-order valence-electron chi connectivity index (χ0n) is 22.2. The molecule has 0 bridgehead atoms. The summed E-state index contributed by atoms with van der Waals surface area (Å²) in [6, 6.07) is 8.99. The fourth-order valence-corrected chi connectivity index (χ4v) is 3.45. The molecule has 3 aromatic rings. The summed E-state index contributed by atoms with van der Waals surface area (Å²) in [5.41, 5.74) is 8.46. The molecule has 11 nitrogen and oxygen atoms in total. The van der Waals surface area contributed by atoms with Gasteiger partial charge < -0.3 is 31.7 Å². The number of rotatable bonds is 8. The molecule has 0 spiro atoms. The van der Waals surface area contributed by atoms with Crippen LogP contribution in [0.1, 0.15) is 48.9 Å². The average Bonchev–Trinajstić information content (AvgIpc) is 2.87. The number of carbonyl (C=O) groups excluding carboxylic acids is 2. The smallest absolute Gasteiger partial charge is 0.328 e. The number of carbonyl (C=O) groups is 4. The highest BCUT2D eigenvalue weighted by molar-refractivity contribution is 6.00. The van der Waals surface area contributed by atoms with E-state index in [4.69, 9.17) is 15.9 Å². The lowest BCUT2D eigenvalue weighted by Crippen LogP contribution is -2.30. The maximum Gasteiger partial charge on any atom is 0.328 e. The highest BCUT2D eigenvalue weighted by Gasteiger charge is 2.20. The highest BCUT2D eigenvalue weighted by Crippen LogP contribution is 2.28. The number of hydrogen-bond donors (Lipinski definition) is 6. The summed E-state index contributed by atoms with van der Waals surface area (Å²) < 4.78 is 26.8. The molecule has 1 heterocycles. The van der Waals surface area contributed by atoms with Gasteiger partial charge in [-0.25, -0.2) is 23.4 Å². The molecule has 1 aromatic heterocycles. The van der Waals surface area contributed by atoms with Crippen molar-refractivity contribution in [2.75, 3.05) is 11.1 Å². The molecule has 0 aliphatic carbocycles. The minimum absolute atomic E-state index is 0. The lowest BCUT2D eigenvalue weighted by molar-refractivity contribution is -0.134. The van der Waals surface area contributed by atoms with E-state index < -0.39 is 35.6 Å². The van der Waals surface area contributed by atoms with Gasteiger partial charge in [0.2, 0.25) is 0 Å². The molecule has 42 heavy (non-hydrogen) atoms. The second-order valence-corrected chi connectivity index (χ2v) is 8.92. The van der Waals surface area contributed by atoms with Crippen LogP contribution in [-0.2, 0) is 14.4 Å². The van der Waals surface area contributed by atoms with Crippen LogP contribution >= 0.6 is 0 Å². The number of aliphatic hydroxyl groups is 1. The number of benzene rings is 2. The quantitative estimate of drug-likeness (QED) is 0.211. The van der Waals surface area contributed by atoms with Gasteiger partial charge in [-0.15, -0.1) is 0 Å². The van der Waals surface area contributed by atoms with Crippen LogP contribution in [0.3, 0.4) is 0 Å². The van der Waals surface area contributed by atoms with Gasteiger partial charge in [0.25, 0.3) is 11.8 Å². The first-order valence-corrected chi connectivity index (χ1v) is 11.9. The van der Waals surface area contributed by atoms with Crippen LogP contribution in [0, 0.1) is 18.6 Å². The van der Waals surface area contributed by atoms with Crippen LogP contribution in [0.4, 0.5) is 20.3 Å². The molecular formula is C29H32F2N4O7. The van der Waals surface area contributed by atoms with Gasteiger partial charge in [-0.2, -0.15) is 0 Å². The summed E-state index contributed by atoms with van der Waals surface area (Å²) in [4.78, 5) is 48.0. The highest BCUT2D eigenvalue weighted by atomic mass is 19.1. The first-order valence-electron chi connectivity index (χ1n) is 11.9. The summed E-state index contributed by atoms with van der Waals surface area (Å²) in [7, 11) is 0. The maximum absolute atomic E-state index is 13.4. The molecule has 0 aliphatic heterocycles. The summed E-state index contributed by atoms with van der Waals surface area (Å²) in [5, 5.41) is 31.1. The number of nitrogens with two attached hydrogens (primary N) is 1. The van der Waals surface area contributed by atoms with Crippen molar-refractivity contribution in [2.45, 2.75) is 40.3 Å². The monoisotopic (exact) mass is 586 g/mol. The zero-order chi connectivity index (χ0) is 30.9. The summed E-state index contributed by atoms with van der Waals surface area (Å²) in [5.74, 6) is -5.36. The number of nitrogens with one attached hydrogen (secondary N) is 2. The largest absolute Gasteiger partial charge is 0.478 e. The Kier molecular flexibility index (Phi) is 12.9. The number of aromatic nitrogens is 1. The third-order valence-electron chi connectivity index (χ3n) is 5.21. The molecule has 0 fully saturated rings. The van der Waals surface area contributed by atoms with Gasteiger partial charge in [-0.3, -0.25) is 9.59 Å². The number of carboxylic acid groups (broad SMARTS) is 2. The second-order valence-electron chi connectivity index (χ2n) is 8.92. The predicted molar refractivity (Wildman–Crippen MR) is 153 cm³/mol. The van der Waals surface area contributed by atoms with E-state index >= 15 is 0 Å². The van der Waals surface area contributed by atoms with E-state index in [1.54, 1.807) is 37.4 Å². The Balaban J connectivity index is 0.000000860. The van der Waals surface area contributed by atoms with Crippen molar-refractivity contribution in [3.05, 3.63) is 89.1 Å². The Morgan fingerprint density at radius 3 is 2.02 bits per heavy atom. The Morgan fingerprint density at radius 2 is 1.52 bits per heavy atom. The molecule has 0 saturated carbocycles. The predicted octanol–water partition coefficient (Wildman–Crippen LogP) is 4.08. The fourth-order valence-electron chi connectivity index (χ4n) is 3.45. The molecule has 0 unspecified atom stereocenters. The van der Waals surface area contributed by atoms with Crippen molar-refractivity contribution in [3.63, 3.8) is 0 Å². The Morgan fingerprint density at radius 1 is 0.952 bits per heavy atom. The molecule has 2 aromatic carbocycles. The standard InChI is InChI=1S/C24H24F2N4O3.C4H4O4.CH4/c1-12(2)29-23(32)20-9-15(11-28-22(20)27)19-5-4-18(6-13(19)3)30-24(33)21(31)14-7-16(25)10-17(26)8-14;5-3(6)1-2-4(7)8;/h4-12,21,31H,1-3H3,(H2,27,28)(H,29,32)(H,30,33);1-2H,(H,5,6)(H,7,8);1H4/b;2-1+;/t21-;;/m1../s1. The number of anilines is 2. The van der Waals surface area contributed by atoms with E-state index in [2.05, 4.69) is 15.6 Å². The van der Waals surface area contributed by atoms with Crippen LogP contribution in [0.5, 0.6) is 0 Å². The second kappa shape index (κ2) is 15.6. The summed E-state index contributed by atoms with van der Waals surface area (Å²) >= 11 is 0. The van der Waals surface area contributed by atoms with Crippen molar-refractivity contribution < 1.29 is 43.3 Å². The molecule has 0 saturated heterocycles. The van der Waals surface area contributed by atoms with Gasteiger partial charge in [-0.05, 0) is 67.8 Å². The number of halogens is 2. The third kappa shape index (κ3) is 10.4. The summed E-state index contributed by atoms with van der Waals surface area (Å²) in [6.07, 6.45) is 0.910. The average molecular weight is 587 g/mol. The van der Waals surface area contributed by atoms with E-state index in [0.29, 0.717) is 29.5 Å². The number of amides is 2.